The number of carbonyl (C=O) groups is 1. The summed E-state index contributed by atoms with van der Waals surface area (Å²) in [5.41, 5.74) is 1.42. The first kappa shape index (κ1) is 17.7. The number of carbonyl (C=O) groups excluding carboxylic acids is 1. The lowest BCUT2D eigenvalue weighted by molar-refractivity contribution is -0.138. The van der Waals surface area contributed by atoms with E-state index >= 15 is 0 Å². The van der Waals surface area contributed by atoms with Crippen LogP contribution in [0.1, 0.15) is 16.8 Å². The van der Waals surface area contributed by atoms with Gasteiger partial charge in [0.2, 0.25) is 11.9 Å². The minimum Gasteiger partial charge on any atom is -0.328 e. The summed E-state index contributed by atoms with van der Waals surface area (Å²) < 4.78 is 39.1. The Labute approximate surface area is 148 Å². The average molecular weight is 359 g/mol. The van der Waals surface area contributed by atoms with Gasteiger partial charge in [-0.1, -0.05) is 48.5 Å². The number of aryl methyl sites for hydroxylation is 1. The Morgan fingerprint density at radius 2 is 1.73 bits per heavy atom. The number of nitrogens with one attached hydrogen (secondary N) is 2. The molecule has 26 heavy (non-hydrogen) atoms. The summed E-state index contributed by atoms with van der Waals surface area (Å²) >= 11 is 0. The standard InChI is InChI=1S/C19H16F3N3O/c1-12-17(13-7-3-2-4-8-13)25-18(23-12)24-16(26)11-14-9-5-6-10-15(14)19(20,21)22/h2-10H,11H2,1H3,(H2,23,24,25,26). The van der Waals surface area contributed by atoms with E-state index in [4.69, 9.17) is 0 Å². The van der Waals surface area contributed by atoms with Crippen LogP contribution in [0, 0.1) is 6.92 Å². The first-order chi connectivity index (χ1) is 12.3. The molecule has 1 heterocycles. The topological polar surface area (TPSA) is 57.8 Å². The third kappa shape index (κ3) is 3.93. The molecule has 1 amide bonds. The maximum absolute atomic E-state index is 13.0. The minimum absolute atomic E-state index is 0.0796. The Morgan fingerprint density at radius 3 is 2.42 bits per heavy atom. The number of hydrogen-bond donors (Lipinski definition) is 2. The van der Waals surface area contributed by atoms with Crippen LogP contribution in [0.25, 0.3) is 11.3 Å². The first-order valence-corrected chi connectivity index (χ1v) is 7.91. The second kappa shape index (κ2) is 7.03. The van der Waals surface area contributed by atoms with Crippen molar-refractivity contribution >= 4 is 11.9 Å². The van der Waals surface area contributed by atoms with Gasteiger partial charge in [-0.15, -0.1) is 0 Å². The fourth-order valence-electron chi connectivity index (χ4n) is 2.70. The number of nitrogens with zero attached hydrogens (tertiary/aromatic N) is 1. The van der Waals surface area contributed by atoms with Crippen molar-refractivity contribution in [3.05, 3.63) is 71.4 Å². The van der Waals surface area contributed by atoms with Gasteiger partial charge in [0.1, 0.15) is 0 Å². The smallest absolute Gasteiger partial charge is 0.328 e. The van der Waals surface area contributed by atoms with Crippen LogP contribution >= 0.6 is 0 Å². The fourth-order valence-corrected chi connectivity index (χ4v) is 2.70. The van der Waals surface area contributed by atoms with Crippen molar-refractivity contribution in [2.24, 2.45) is 0 Å². The lowest BCUT2D eigenvalue weighted by Crippen LogP contribution is -2.18. The highest BCUT2D eigenvalue weighted by molar-refractivity contribution is 5.91. The molecule has 0 aliphatic rings. The van der Waals surface area contributed by atoms with Gasteiger partial charge in [-0.25, -0.2) is 4.98 Å². The SMILES string of the molecule is Cc1[nH]c(NC(=O)Cc2ccccc2C(F)(F)F)nc1-c1ccccc1. The van der Waals surface area contributed by atoms with Crippen molar-refractivity contribution in [1.82, 2.24) is 9.97 Å². The van der Waals surface area contributed by atoms with Crippen LogP contribution in [-0.2, 0) is 17.4 Å². The Balaban J connectivity index is 1.76. The Hall–Kier alpha value is -3.09. The molecule has 0 aliphatic heterocycles. The first-order valence-electron chi connectivity index (χ1n) is 7.91. The number of halogens is 3. The summed E-state index contributed by atoms with van der Waals surface area (Å²) in [6.45, 7) is 1.81. The number of amides is 1. The van der Waals surface area contributed by atoms with Crippen LogP contribution < -0.4 is 5.32 Å². The van der Waals surface area contributed by atoms with E-state index in [-0.39, 0.29) is 11.5 Å². The quantitative estimate of drug-likeness (QED) is 0.716. The Bertz CT molecular complexity index is 917. The molecule has 2 aromatic carbocycles. The van der Waals surface area contributed by atoms with Gasteiger partial charge in [0, 0.05) is 11.3 Å². The van der Waals surface area contributed by atoms with Crippen LogP contribution in [0.3, 0.4) is 0 Å². The highest BCUT2D eigenvalue weighted by Gasteiger charge is 2.33. The molecule has 0 radical (unpaired) electrons. The van der Waals surface area contributed by atoms with Crippen LogP contribution in [0.2, 0.25) is 0 Å². The molecular weight excluding hydrogens is 343 g/mol. The van der Waals surface area contributed by atoms with Crippen molar-refractivity contribution in [1.29, 1.82) is 0 Å². The van der Waals surface area contributed by atoms with E-state index in [0.29, 0.717) is 5.69 Å². The van der Waals surface area contributed by atoms with Crippen molar-refractivity contribution in [2.75, 3.05) is 5.32 Å². The predicted octanol–water partition coefficient (Wildman–Crippen LogP) is 4.59. The number of alkyl halides is 3. The summed E-state index contributed by atoms with van der Waals surface area (Å²) in [4.78, 5) is 19.4. The van der Waals surface area contributed by atoms with E-state index in [1.165, 1.54) is 18.2 Å². The van der Waals surface area contributed by atoms with Gasteiger partial charge >= 0.3 is 6.18 Å². The molecule has 0 unspecified atom stereocenters. The monoisotopic (exact) mass is 359 g/mol. The van der Waals surface area contributed by atoms with Crippen LogP contribution in [-0.4, -0.2) is 15.9 Å². The molecule has 0 atom stereocenters. The van der Waals surface area contributed by atoms with Gasteiger partial charge in [-0.05, 0) is 18.6 Å². The normalized spacial score (nSPS) is 11.4. The zero-order valence-electron chi connectivity index (χ0n) is 13.9. The molecule has 0 saturated carbocycles. The molecule has 2 N–H and O–H groups in total. The molecular formula is C19H16F3N3O. The van der Waals surface area contributed by atoms with E-state index in [0.717, 1.165) is 17.3 Å². The van der Waals surface area contributed by atoms with Gasteiger partial charge in [0.05, 0.1) is 17.7 Å². The van der Waals surface area contributed by atoms with E-state index in [1.54, 1.807) is 0 Å². The molecule has 1 aromatic heterocycles. The number of aromatic nitrogens is 2. The van der Waals surface area contributed by atoms with Gasteiger partial charge in [-0.2, -0.15) is 13.2 Å². The van der Waals surface area contributed by atoms with Crippen molar-refractivity contribution in [3.8, 4) is 11.3 Å². The van der Waals surface area contributed by atoms with Crippen LogP contribution in [0.15, 0.2) is 54.6 Å². The van der Waals surface area contributed by atoms with E-state index < -0.39 is 24.1 Å². The van der Waals surface area contributed by atoms with Crippen molar-refractivity contribution in [2.45, 2.75) is 19.5 Å². The third-order valence-corrected chi connectivity index (χ3v) is 3.86. The molecule has 134 valence electrons. The fraction of sp³-hybridized carbons (Fsp3) is 0.158. The zero-order chi connectivity index (χ0) is 18.7. The molecule has 0 bridgehead atoms. The van der Waals surface area contributed by atoms with E-state index in [2.05, 4.69) is 15.3 Å². The van der Waals surface area contributed by atoms with Gasteiger partial charge in [0.25, 0.3) is 0 Å². The van der Waals surface area contributed by atoms with Gasteiger partial charge < -0.3 is 4.98 Å². The summed E-state index contributed by atoms with van der Waals surface area (Å²) in [6.07, 6.45) is -4.89. The van der Waals surface area contributed by atoms with Gasteiger partial charge in [0.15, 0.2) is 0 Å². The highest BCUT2D eigenvalue weighted by atomic mass is 19.4. The second-order valence-electron chi connectivity index (χ2n) is 5.80. The molecule has 0 spiro atoms. The highest BCUT2D eigenvalue weighted by Crippen LogP contribution is 2.32. The maximum Gasteiger partial charge on any atom is 0.416 e. The number of hydrogen-bond acceptors (Lipinski definition) is 2. The molecule has 7 heteroatoms. The van der Waals surface area contributed by atoms with E-state index in [1.807, 2.05) is 37.3 Å². The summed E-state index contributed by atoms with van der Waals surface area (Å²) in [7, 11) is 0. The number of benzene rings is 2. The second-order valence-corrected chi connectivity index (χ2v) is 5.80. The molecule has 4 nitrogen and oxygen atoms in total. The molecule has 3 aromatic rings. The maximum atomic E-state index is 13.0. The van der Waals surface area contributed by atoms with Crippen molar-refractivity contribution in [3.63, 3.8) is 0 Å². The van der Waals surface area contributed by atoms with Crippen LogP contribution in [0.5, 0.6) is 0 Å². The summed E-state index contributed by atoms with van der Waals surface area (Å²) in [6, 6.07) is 14.4. The van der Waals surface area contributed by atoms with Crippen LogP contribution in [0.4, 0.5) is 19.1 Å². The third-order valence-electron chi connectivity index (χ3n) is 3.86. The minimum atomic E-state index is -4.50. The van der Waals surface area contributed by atoms with Crippen molar-refractivity contribution < 1.29 is 18.0 Å². The zero-order valence-corrected chi connectivity index (χ0v) is 13.9. The Kier molecular flexibility index (Phi) is 4.79. The van der Waals surface area contributed by atoms with Gasteiger partial charge in [-0.3, -0.25) is 10.1 Å². The summed E-state index contributed by atoms with van der Waals surface area (Å²) in [5, 5.41) is 2.53. The lowest BCUT2D eigenvalue weighted by atomic mass is 10.0. The molecule has 0 aliphatic carbocycles. The Morgan fingerprint density at radius 1 is 1.08 bits per heavy atom. The number of imidazole rings is 1. The number of rotatable bonds is 4. The largest absolute Gasteiger partial charge is 0.416 e. The number of H-pyrrole nitrogens is 1. The summed E-state index contributed by atoms with van der Waals surface area (Å²) in [5.74, 6) is -0.370. The van der Waals surface area contributed by atoms with E-state index in [9.17, 15) is 18.0 Å². The molecule has 0 fully saturated rings. The molecule has 0 saturated heterocycles. The lowest BCUT2D eigenvalue weighted by Gasteiger charge is -2.12. The molecule has 3 rings (SSSR count). The number of aromatic amines is 1. The number of anilines is 1. The predicted molar refractivity (Wildman–Crippen MR) is 92.5 cm³/mol. The average Bonchev–Trinajstić information content (AvgIpc) is 2.95.